The Morgan fingerprint density at radius 1 is 1.00 bits per heavy atom. The van der Waals surface area contributed by atoms with Crippen molar-refractivity contribution in [3.8, 4) is 5.75 Å². The average molecular weight is 440 g/mol. The number of H-pyrrole nitrogens is 1. The predicted octanol–water partition coefficient (Wildman–Crippen LogP) is 5.12. The number of para-hydroxylation sites is 3. The molecule has 2 atom stereocenters. The summed E-state index contributed by atoms with van der Waals surface area (Å²) in [4.78, 5) is 32.1. The first-order valence-corrected chi connectivity index (χ1v) is 11.0. The number of aromatic amines is 1. The number of carbonyl (C=O) groups is 2. The van der Waals surface area contributed by atoms with E-state index in [1.54, 1.807) is 18.0 Å². The van der Waals surface area contributed by atoms with Gasteiger partial charge in [0.15, 0.2) is 0 Å². The smallest absolute Gasteiger partial charge is 0.254 e. The Bertz CT molecular complexity index is 1340. The summed E-state index contributed by atoms with van der Waals surface area (Å²) >= 11 is 0. The standard InChI is InChI=1S/C27H25N3O3/c1-3-33-23-15-9-8-14-22(23)29-26(31)24-18-11-4-5-12-19(18)27(32)30(2)25(24)20-16-28-21-13-7-6-10-17(20)21/h4-16,24-25,28H,3H2,1-2H3,(H,29,31)/t24-,25+/m1/s1. The molecule has 0 radical (unpaired) electrons. The summed E-state index contributed by atoms with van der Waals surface area (Å²) in [6, 6.07) is 22.2. The third-order valence-corrected chi connectivity index (χ3v) is 6.25. The minimum absolute atomic E-state index is 0.0975. The zero-order chi connectivity index (χ0) is 22.9. The number of likely N-dealkylation sites (N-methyl/N-ethyl adjacent to an activating group) is 1. The molecule has 2 N–H and O–H groups in total. The zero-order valence-electron chi connectivity index (χ0n) is 18.5. The number of aromatic nitrogens is 1. The minimum atomic E-state index is -0.599. The summed E-state index contributed by atoms with van der Waals surface area (Å²) in [7, 11) is 1.76. The van der Waals surface area contributed by atoms with Gasteiger partial charge in [-0.3, -0.25) is 9.59 Å². The molecule has 1 aliphatic rings. The minimum Gasteiger partial charge on any atom is -0.492 e. The largest absolute Gasteiger partial charge is 0.492 e. The summed E-state index contributed by atoms with van der Waals surface area (Å²) < 4.78 is 5.71. The molecule has 0 spiro atoms. The number of hydrogen-bond acceptors (Lipinski definition) is 3. The third-order valence-electron chi connectivity index (χ3n) is 6.25. The van der Waals surface area contributed by atoms with Crippen molar-refractivity contribution in [3.63, 3.8) is 0 Å². The van der Waals surface area contributed by atoms with Gasteiger partial charge in [-0.2, -0.15) is 0 Å². The molecule has 0 saturated carbocycles. The average Bonchev–Trinajstić information content (AvgIpc) is 3.26. The van der Waals surface area contributed by atoms with Crippen molar-refractivity contribution in [2.45, 2.75) is 18.9 Å². The molecular weight excluding hydrogens is 414 g/mol. The molecule has 0 fully saturated rings. The van der Waals surface area contributed by atoms with Gasteiger partial charge in [0.1, 0.15) is 5.75 Å². The van der Waals surface area contributed by atoms with Crippen LogP contribution in [0.1, 0.15) is 40.4 Å². The van der Waals surface area contributed by atoms with Crippen molar-refractivity contribution in [1.29, 1.82) is 0 Å². The molecule has 5 rings (SSSR count). The van der Waals surface area contributed by atoms with Crippen molar-refractivity contribution in [2.75, 3.05) is 19.0 Å². The van der Waals surface area contributed by atoms with Gasteiger partial charge in [-0.05, 0) is 36.8 Å². The lowest BCUT2D eigenvalue weighted by atomic mass is 9.79. The van der Waals surface area contributed by atoms with Crippen LogP contribution < -0.4 is 10.1 Å². The number of anilines is 1. The summed E-state index contributed by atoms with van der Waals surface area (Å²) in [6.07, 6.45) is 1.90. The molecule has 0 bridgehead atoms. The van der Waals surface area contributed by atoms with Crippen LogP contribution in [0.15, 0.2) is 79.0 Å². The van der Waals surface area contributed by atoms with E-state index < -0.39 is 12.0 Å². The molecule has 4 aromatic rings. The third kappa shape index (κ3) is 3.53. The van der Waals surface area contributed by atoms with Gasteiger partial charge in [-0.15, -0.1) is 0 Å². The van der Waals surface area contributed by atoms with Crippen LogP contribution in [0.4, 0.5) is 5.69 Å². The normalized spacial score (nSPS) is 17.6. The Balaban J connectivity index is 1.63. The second-order valence-electron chi connectivity index (χ2n) is 8.13. The molecule has 0 unspecified atom stereocenters. The number of hydrogen-bond donors (Lipinski definition) is 2. The lowest BCUT2D eigenvalue weighted by molar-refractivity contribution is -0.119. The molecule has 2 heterocycles. The Morgan fingerprint density at radius 2 is 1.73 bits per heavy atom. The van der Waals surface area contributed by atoms with Gasteiger partial charge < -0.3 is 19.9 Å². The van der Waals surface area contributed by atoms with Crippen molar-refractivity contribution in [3.05, 3.63) is 95.7 Å². The van der Waals surface area contributed by atoms with Crippen LogP contribution in [0.2, 0.25) is 0 Å². The number of benzene rings is 3. The Labute approximate surface area is 192 Å². The second kappa shape index (κ2) is 8.47. The van der Waals surface area contributed by atoms with E-state index in [0.29, 0.717) is 23.6 Å². The lowest BCUT2D eigenvalue weighted by Gasteiger charge is -2.39. The van der Waals surface area contributed by atoms with Crippen LogP contribution in [-0.4, -0.2) is 35.4 Å². The van der Waals surface area contributed by atoms with E-state index in [9.17, 15) is 9.59 Å². The molecule has 6 nitrogen and oxygen atoms in total. The van der Waals surface area contributed by atoms with Crippen LogP contribution in [0.3, 0.4) is 0 Å². The number of rotatable bonds is 5. The van der Waals surface area contributed by atoms with Crippen LogP contribution >= 0.6 is 0 Å². The molecule has 0 aliphatic carbocycles. The maximum absolute atomic E-state index is 13.9. The quantitative estimate of drug-likeness (QED) is 0.453. The number of carbonyl (C=O) groups excluding carboxylic acids is 2. The van der Waals surface area contributed by atoms with Gasteiger partial charge in [0.05, 0.1) is 24.3 Å². The summed E-state index contributed by atoms with van der Waals surface area (Å²) in [5.74, 6) is -0.271. The monoisotopic (exact) mass is 439 g/mol. The highest BCUT2D eigenvalue weighted by Crippen LogP contribution is 2.44. The SMILES string of the molecule is CCOc1ccccc1NC(=O)[C@@H]1c2ccccc2C(=O)N(C)[C@H]1c1c[nH]c2ccccc12. The topological polar surface area (TPSA) is 74.4 Å². The van der Waals surface area contributed by atoms with Gasteiger partial charge in [-0.25, -0.2) is 0 Å². The van der Waals surface area contributed by atoms with E-state index in [0.717, 1.165) is 22.0 Å². The maximum atomic E-state index is 13.9. The number of amides is 2. The summed E-state index contributed by atoms with van der Waals surface area (Å²) in [5.41, 5.74) is 3.76. The van der Waals surface area contributed by atoms with Crippen LogP contribution in [-0.2, 0) is 4.79 Å². The van der Waals surface area contributed by atoms with Crippen LogP contribution in [0, 0.1) is 0 Å². The highest BCUT2D eigenvalue weighted by atomic mass is 16.5. The first-order chi connectivity index (χ1) is 16.1. The predicted molar refractivity (Wildman–Crippen MR) is 129 cm³/mol. The molecule has 6 heteroatoms. The summed E-state index contributed by atoms with van der Waals surface area (Å²) in [5, 5.41) is 4.06. The Kier molecular flexibility index (Phi) is 5.34. The lowest BCUT2D eigenvalue weighted by Crippen LogP contribution is -2.44. The van der Waals surface area contributed by atoms with E-state index in [1.807, 2.05) is 79.9 Å². The maximum Gasteiger partial charge on any atom is 0.254 e. The molecule has 1 aliphatic heterocycles. The molecule has 3 aromatic carbocycles. The molecule has 33 heavy (non-hydrogen) atoms. The van der Waals surface area contributed by atoms with E-state index in [2.05, 4.69) is 10.3 Å². The second-order valence-corrected chi connectivity index (χ2v) is 8.13. The molecule has 166 valence electrons. The van der Waals surface area contributed by atoms with E-state index in [-0.39, 0.29) is 11.8 Å². The number of ether oxygens (including phenoxy) is 1. The van der Waals surface area contributed by atoms with E-state index >= 15 is 0 Å². The number of fused-ring (bicyclic) bond motifs is 2. The van der Waals surface area contributed by atoms with E-state index in [1.165, 1.54) is 0 Å². The molecule has 2 amide bonds. The van der Waals surface area contributed by atoms with Crippen LogP contribution in [0.25, 0.3) is 10.9 Å². The van der Waals surface area contributed by atoms with Crippen molar-refractivity contribution >= 4 is 28.4 Å². The molecular formula is C27H25N3O3. The fraction of sp³-hybridized carbons (Fsp3) is 0.185. The highest BCUT2D eigenvalue weighted by Gasteiger charge is 2.43. The highest BCUT2D eigenvalue weighted by molar-refractivity contribution is 6.05. The van der Waals surface area contributed by atoms with Gasteiger partial charge in [0.2, 0.25) is 5.91 Å². The molecule has 1 aromatic heterocycles. The zero-order valence-corrected chi connectivity index (χ0v) is 18.5. The fourth-order valence-electron chi connectivity index (χ4n) is 4.75. The Morgan fingerprint density at radius 3 is 2.58 bits per heavy atom. The van der Waals surface area contributed by atoms with Gasteiger partial charge in [0.25, 0.3) is 5.91 Å². The van der Waals surface area contributed by atoms with E-state index in [4.69, 9.17) is 4.74 Å². The van der Waals surface area contributed by atoms with Gasteiger partial charge in [0, 0.05) is 35.3 Å². The molecule has 0 saturated heterocycles. The summed E-state index contributed by atoms with van der Waals surface area (Å²) in [6.45, 7) is 2.40. The van der Waals surface area contributed by atoms with Crippen molar-refractivity contribution < 1.29 is 14.3 Å². The number of nitrogens with one attached hydrogen (secondary N) is 2. The van der Waals surface area contributed by atoms with Crippen molar-refractivity contribution in [1.82, 2.24) is 9.88 Å². The first-order valence-electron chi connectivity index (χ1n) is 11.0. The van der Waals surface area contributed by atoms with Crippen LogP contribution in [0.5, 0.6) is 5.75 Å². The van der Waals surface area contributed by atoms with Gasteiger partial charge in [-0.1, -0.05) is 48.5 Å². The number of nitrogens with zero attached hydrogens (tertiary/aromatic N) is 1. The Hall–Kier alpha value is -4.06. The first kappa shape index (κ1) is 20.8. The van der Waals surface area contributed by atoms with Crippen molar-refractivity contribution in [2.24, 2.45) is 0 Å². The fourth-order valence-corrected chi connectivity index (χ4v) is 4.75. The van der Waals surface area contributed by atoms with Gasteiger partial charge >= 0.3 is 0 Å².